The van der Waals surface area contributed by atoms with Gasteiger partial charge in [0.1, 0.15) is 22.7 Å². The highest BCUT2D eigenvalue weighted by atomic mass is 19.1. The molecule has 1 fully saturated rings. The molecule has 0 heterocycles. The summed E-state index contributed by atoms with van der Waals surface area (Å²) in [5.41, 5.74) is -1.35. The van der Waals surface area contributed by atoms with E-state index in [0.29, 0.717) is 12.8 Å². The maximum absolute atomic E-state index is 13.7. The predicted molar refractivity (Wildman–Crippen MR) is 71.6 cm³/mol. The summed E-state index contributed by atoms with van der Waals surface area (Å²) in [5.74, 6) is -1.93. The Morgan fingerprint density at radius 2 is 1.95 bits per heavy atom. The van der Waals surface area contributed by atoms with Gasteiger partial charge in [-0.05, 0) is 25.0 Å². The number of nitrogens with one attached hydrogen (secondary N) is 1. The van der Waals surface area contributed by atoms with E-state index in [2.05, 4.69) is 11.4 Å². The molecule has 1 aliphatic rings. The molecule has 5 heteroatoms. The first-order chi connectivity index (χ1) is 9.58. The first kappa shape index (κ1) is 14.3. The van der Waals surface area contributed by atoms with E-state index in [4.69, 9.17) is 0 Å². The third-order valence-electron chi connectivity index (χ3n) is 3.74. The second-order valence-electron chi connectivity index (χ2n) is 5.20. The van der Waals surface area contributed by atoms with Gasteiger partial charge in [-0.15, -0.1) is 0 Å². The highest BCUT2D eigenvalue weighted by Gasteiger charge is 2.34. The van der Waals surface area contributed by atoms with Crippen LogP contribution >= 0.6 is 0 Å². The van der Waals surface area contributed by atoms with Crippen molar-refractivity contribution in [3.05, 3.63) is 29.6 Å². The number of nitriles is 1. The van der Waals surface area contributed by atoms with Crippen LogP contribution in [0.5, 0.6) is 5.75 Å². The van der Waals surface area contributed by atoms with Crippen molar-refractivity contribution in [1.29, 1.82) is 5.26 Å². The molecule has 0 spiro atoms. The van der Waals surface area contributed by atoms with Crippen LogP contribution in [0.3, 0.4) is 0 Å². The Kier molecular flexibility index (Phi) is 4.23. The lowest BCUT2D eigenvalue weighted by atomic mass is 9.91. The summed E-state index contributed by atoms with van der Waals surface area (Å²) >= 11 is 0. The molecule has 1 amide bonds. The van der Waals surface area contributed by atoms with Crippen molar-refractivity contribution < 1.29 is 14.3 Å². The van der Waals surface area contributed by atoms with Crippen LogP contribution in [0, 0.1) is 17.1 Å². The van der Waals surface area contributed by atoms with Gasteiger partial charge < -0.3 is 10.4 Å². The number of aromatic hydroxyl groups is 1. The SMILES string of the molecule is N#CC1(NC(=O)c2c(O)cccc2F)CCCCCC1. The van der Waals surface area contributed by atoms with Crippen LogP contribution < -0.4 is 5.32 Å². The van der Waals surface area contributed by atoms with Gasteiger partial charge in [-0.2, -0.15) is 5.26 Å². The number of phenols is 1. The molecule has 0 aliphatic heterocycles. The molecule has 0 aromatic heterocycles. The fraction of sp³-hybridized carbons (Fsp3) is 0.467. The number of hydrogen-bond acceptors (Lipinski definition) is 3. The molecule has 20 heavy (non-hydrogen) atoms. The van der Waals surface area contributed by atoms with E-state index in [-0.39, 0.29) is 0 Å². The number of hydrogen-bond donors (Lipinski definition) is 2. The fourth-order valence-corrected chi connectivity index (χ4v) is 2.61. The number of benzene rings is 1. The Balaban J connectivity index is 2.23. The zero-order chi connectivity index (χ0) is 14.6. The van der Waals surface area contributed by atoms with Crippen LogP contribution in [0.25, 0.3) is 0 Å². The third kappa shape index (κ3) is 2.90. The smallest absolute Gasteiger partial charge is 0.259 e. The van der Waals surface area contributed by atoms with Crippen molar-refractivity contribution in [3.8, 4) is 11.8 Å². The quantitative estimate of drug-likeness (QED) is 0.816. The molecule has 0 atom stereocenters. The number of carbonyl (C=O) groups is 1. The number of halogens is 1. The largest absolute Gasteiger partial charge is 0.507 e. The highest BCUT2D eigenvalue weighted by Crippen LogP contribution is 2.28. The normalized spacial score (nSPS) is 17.8. The molecule has 106 valence electrons. The maximum Gasteiger partial charge on any atom is 0.259 e. The minimum absolute atomic E-state index is 0.397. The van der Waals surface area contributed by atoms with Crippen LogP contribution in [0.15, 0.2) is 18.2 Å². The van der Waals surface area contributed by atoms with Gasteiger partial charge in [0.15, 0.2) is 0 Å². The molecule has 4 nitrogen and oxygen atoms in total. The molecule has 1 aromatic carbocycles. The van der Waals surface area contributed by atoms with Crippen molar-refractivity contribution in [1.82, 2.24) is 5.32 Å². The average molecular weight is 276 g/mol. The molecule has 0 radical (unpaired) electrons. The lowest BCUT2D eigenvalue weighted by Gasteiger charge is -2.26. The number of nitrogens with zero attached hydrogens (tertiary/aromatic N) is 1. The van der Waals surface area contributed by atoms with Crippen LogP contribution in [0.1, 0.15) is 48.9 Å². The molecule has 2 N–H and O–H groups in total. The average Bonchev–Trinajstić information content (AvgIpc) is 2.64. The van der Waals surface area contributed by atoms with Gasteiger partial charge in [0, 0.05) is 0 Å². The maximum atomic E-state index is 13.7. The number of phenolic OH excluding ortho intramolecular Hbond substituents is 1. The van der Waals surface area contributed by atoms with Gasteiger partial charge in [-0.3, -0.25) is 4.79 Å². The van der Waals surface area contributed by atoms with E-state index in [1.54, 1.807) is 0 Å². The van der Waals surface area contributed by atoms with Gasteiger partial charge in [0.05, 0.1) is 6.07 Å². The van der Waals surface area contributed by atoms with Gasteiger partial charge in [-0.1, -0.05) is 31.7 Å². The second-order valence-corrected chi connectivity index (χ2v) is 5.20. The molecule has 0 bridgehead atoms. The van der Waals surface area contributed by atoms with Crippen molar-refractivity contribution >= 4 is 5.91 Å². The first-order valence-corrected chi connectivity index (χ1v) is 6.79. The summed E-state index contributed by atoms with van der Waals surface area (Å²) in [4.78, 5) is 12.2. The Hall–Kier alpha value is -2.09. The van der Waals surface area contributed by atoms with Crippen LogP contribution in [-0.4, -0.2) is 16.6 Å². The summed E-state index contributed by atoms with van der Waals surface area (Å²) in [5, 5.41) is 21.6. The van der Waals surface area contributed by atoms with E-state index in [9.17, 15) is 19.6 Å². The summed E-state index contributed by atoms with van der Waals surface area (Å²) < 4.78 is 13.7. The second kappa shape index (κ2) is 5.91. The lowest BCUT2D eigenvalue weighted by molar-refractivity contribution is 0.0906. The summed E-state index contributed by atoms with van der Waals surface area (Å²) in [6.07, 6.45) is 4.90. The zero-order valence-electron chi connectivity index (χ0n) is 11.2. The van der Waals surface area contributed by atoms with Crippen LogP contribution in [-0.2, 0) is 0 Å². The monoisotopic (exact) mass is 276 g/mol. The minimum atomic E-state index is -0.956. The van der Waals surface area contributed by atoms with E-state index in [0.717, 1.165) is 31.7 Å². The summed E-state index contributed by atoms with van der Waals surface area (Å²) in [6.45, 7) is 0. The fourth-order valence-electron chi connectivity index (χ4n) is 2.61. The van der Waals surface area contributed by atoms with Gasteiger partial charge in [0.2, 0.25) is 0 Å². The Labute approximate surface area is 117 Å². The van der Waals surface area contributed by atoms with Gasteiger partial charge in [0.25, 0.3) is 5.91 Å². The van der Waals surface area contributed by atoms with E-state index >= 15 is 0 Å². The topological polar surface area (TPSA) is 73.1 Å². The molecular weight excluding hydrogens is 259 g/mol. The predicted octanol–water partition coefficient (Wildman–Crippen LogP) is 2.88. The van der Waals surface area contributed by atoms with Gasteiger partial charge in [-0.25, -0.2) is 4.39 Å². The zero-order valence-corrected chi connectivity index (χ0v) is 11.2. The van der Waals surface area contributed by atoms with E-state index in [1.165, 1.54) is 12.1 Å². The molecule has 1 aliphatic carbocycles. The molecule has 0 unspecified atom stereocenters. The Morgan fingerprint density at radius 3 is 2.50 bits per heavy atom. The third-order valence-corrected chi connectivity index (χ3v) is 3.74. The number of amides is 1. The van der Waals surface area contributed by atoms with Crippen LogP contribution in [0.2, 0.25) is 0 Å². The standard InChI is InChI=1S/C15H17FN2O2/c16-11-6-5-7-12(19)13(11)14(20)18-15(10-17)8-3-1-2-4-9-15/h5-7,19H,1-4,8-9H2,(H,18,20). The highest BCUT2D eigenvalue weighted by molar-refractivity contribution is 5.97. The minimum Gasteiger partial charge on any atom is -0.507 e. The van der Waals surface area contributed by atoms with Crippen molar-refractivity contribution in [2.45, 2.75) is 44.1 Å². The summed E-state index contributed by atoms with van der Waals surface area (Å²) in [7, 11) is 0. The number of carbonyl (C=O) groups excluding carboxylic acids is 1. The van der Waals surface area contributed by atoms with Crippen molar-refractivity contribution in [3.63, 3.8) is 0 Å². The molecule has 0 saturated heterocycles. The molecule has 1 saturated carbocycles. The molecule has 2 rings (SSSR count). The lowest BCUT2D eigenvalue weighted by Crippen LogP contribution is -2.47. The van der Waals surface area contributed by atoms with Gasteiger partial charge >= 0.3 is 0 Å². The molecular formula is C15H17FN2O2. The van der Waals surface area contributed by atoms with E-state index < -0.39 is 28.6 Å². The molecule has 1 aromatic rings. The number of rotatable bonds is 2. The Bertz CT molecular complexity index is 523. The summed E-state index contributed by atoms with van der Waals surface area (Å²) in [6, 6.07) is 5.85. The van der Waals surface area contributed by atoms with Crippen LogP contribution in [0.4, 0.5) is 4.39 Å². The van der Waals surface area contributed by atoms with E-state index in [1.807, 2.05) is 0 Å². The van der Waals surface area contributed by atoms with Crippen molar-refractivity contribution in [2.75, 3.05) is 0 Å². The Morgan fingerprint density at radius 1 is 1.30 bits per heavy atom. The van der Waals surface area contributed by atoms with Crippen molar-refractivity contribution in [2.24, 2.45) is 0 Å². The first-order valence-electron chi connectivity index (χ1n) is 6.79.